The second-order valence-electron chi connectivity index (χ2n) is 7.71. The molecule has 0 spiro atoms. The summed E-state index contributed by atoms with van der Waals surface area (Å²) in [6.45, 7) is 1.91. The van der Waals surface area contributed by atoms with Crippen LogP contribution in [0.3, 0.4) is 0 Å². The highest BCUT2D eigenvalue weighted by atomic mass is 32.2. The third-order valence-corrected chi connectivity index (χ3v) is 6.55. The molecule has 0 bridgehead atoms. The molecule has 5 nitrogen and oxygen atoms in total. The molecule has 3 rings (SSSR count). The average molecular weight is 437 g/mol. The van der Waals surface area contributed by atoms with Crippen molar-refractivity contribution in [2.24, 2.45) is 0 Å². The molecule has 1 N–H and O–H groups in total. The molecule has 0 fully saturated rings. The average Bonchev–Trinajstić information content (AvgIpc) is 3.14. The third-order valence-electron chi connectivity index (χ3n) is 5.36. The Labute approximate surface area is 176 Å². The van der Waals surface area contributed by atoms with E-state index in [0.717, 1.165) is 47.5 Å². The highest BCUT2D eigenvalue weighted by molar-refractivity contribution is 7.92. The molecule has 0 aliphatic heterocycles. The molecule has 0 radical (unpaired) electrons. The van der Waals surface area contributed by atoms with Crippen LogP contribution >= 0.6 is 0 Å². The second kappa shape index (κ2) is 9.12. The largest absolute Gasteiger partial charge is 0.350 e. The number of anilines is 1. The van der Waals surface area contributed by atoms with E-state index in [1.165, 1.54) is 17.2 Å². The summed E-state index contributed by atoms with van der Waals surface area (Å²) in [5.74, 6) is -2.36. The fourth-order valence-corrected chi connectivity index (χ4v) is 4.73. The molecular formula is C22H26F2N2O3S. The third kappa shape index (κ3) is 5.36. The Morgan fingerprint density at radius 3 is 2.53 bits per heavy atom. The number of carbonyl (C=O) groups excluding carboxylic acids is 1. The van der Waals surface area contributed by atoms with Crippen molar-refractivity contribution in [1.29, 1.82) is 0 Å². The zero-order valence-corrected chi connectivity index (χ0v) is 17.9. The molecule has 0 saturated heterocycles. The predicted octanol–water partition coefficient (Wildman–Crippen LogP) is 3.88. The quantitative estimate of drug-likeness (QED) is 0.683. The van der Waals surface area contributed by atoms with Gasteiger partial charge in [0.15, 0.2) is 11.6 Å². The summed E-state index contributed by atoms with van der Waals surface area (Å²) < 4.78 is 51.8. The lowest BCUT2D eigenvalue weighted by molar-refractivity contribution is -0.121. The number of halogens is 2. The van der Waals surface area contributed by atoms with Crippen molar-refractivity contribution in [2.75, 3.05) is 17.1 Å². The fraction of sp³-hybridized carbons (Fsp3) is 0.409. The number of sulfonamides is 1. The van der Waals surface area contributed by atoms with E-state index in [-0.39, 0.29) is 37.0 Å². The van der Waals surface area contributed by atoms with Crippen LogP contribution < -0.4 is 9.62 Å². The summed E-state index contributed by atoms with van der Waals surface area (Å²) in [5, 5.41) is 2.94. The van der Waals surface area contributed by atoms with Gasteiger partial charge in [-0.15, -0.1) is 0 Å². The van der Waals surface area contributed by atoms with Crippen LogP contribution in [0.1, 0.15) is 48.9 Å². The van der Waals surface area contributed by atoms with Gasteiger partial charge in [0.25, 0.3) is 0 Å². The Hall–Kier alpha value is -2.48. The van der Waals surface area contributed by atoms with Gasteiger partial charge in [0.2, 0.25) is 15.9 Å². The summed E-state index contributed by atoms with van der Waals surface area (Å²) in [6, 6.07) is 9.06. The maximum Gasteiger partial charge on any atom is 0.232 e. The normalized spacial score (nSPS) is 14.3. The maximum atomic E-state index is 13.5. The van der Waals surface area contributed by atoms with Gasteiger partial charge in [-0.05, 0) is 61.4 Å². The lowest BCUT2D eigenvalue weighted by Crippen LogP contribution is -2.32. The van der Waals surface area contributed by atoms with Gasteiger partial charge < -0.3 is 5.32 Å². The Balaban J connectivity index is 1.57. The topological polar surface area (TPSA) is 66.5 Å². The van der Waals surface area contributed by atoms with Gasteiger partial charge in [0.05, 0.1) is 18.0 Å². The highest BCUT2D eigenvalue weighted by Gasteiger charge is 2.20. The number of aryl methyl sites for hydroxylation is 2. The number of nitrogens with zero attached hydrogens (tertiary/aromatic N) is 1. The molecule has 1 atom stereocenters. The smallest absolute Gasteiger partial charge is 0.232 e. The standard InChI is InChI=1S/C22H26F2N2O3S/c1-15(17-9-8-16-5-3-6-18(16)13-17)25-22(27)7-4-12-26(30(2,28)29)19-10-11-20(23)21(24)14-19/h8-11,13-15H,3-7,12H2,1-2H3,(H,25,27). The summed E-state index contributed by atoms with van der Waals surface area (Å²) in [4.78, 5) is 12.3. The predicted molar refractivity (Wildman–Crippen MR) is 113 cm³/mol. The van der Waals surface area contributed by atoms with E-state index in [1.807, 2.05) is 13.0 Å². The van der Waals surface area contributed by atoms with Crippen LogP contribution in [0.25, 0.3) is 0 Å². The summed E-state index contributed by atoms with van der Waals surface area (Å²) in [5.41, 5.74) is 3.78. The van der Waals surface area contributed by atoms with Crippen molar-refractivity contribution in [1.82, 2.24) is 5.32 Å². The molecule has 1 aliphatic carbocycles. The molecule has 8 heteroatoms. The molecule has 0 aromatic heterocycles. The highest BCUT2D eigenvalue weighted by Crippen LogP contribution is 2.25. The van der Waals surface area contributed by atoms with Gasteiger partial charge in [-0.2, -0.15) is 0 Å². The Morgan fingerprint density at radius 1 is 1.10 bits per heavy atom. The monoisotopic (exact) mass is 436 g/mol. The van der Waals surface area contributed by atoms with Crippen molar-refractivity contribution in [3.8, 4) is 0 Å². The van der Waals surface area contributed by atoms with Crippen molar-refractivity contribution in [3.05, 3.63) is 64.7 Å². The van der Waals surface area contributed by atoms with Crippen molar-refractivity contribution >= 4 is 21.6 Å². The van der Waals surface area contributed by atoms with E-state index in [4.69, 9.17) is 0 Å². The number of rotatable bonds is 8. The molecule has 30 heavy (non-hydrogen) atoms. The number of benzene rings is 2. The van der Waals surface area contributed by atoms with Crippen LogP contribution in [0.15, 0.2) is 36.4 Å². The van der Waals surface area contributed by atoms with Gasteiger partial charge in [-0.3, -0.25) is 9.10 Å². The Morgan fingerprint density at radius 2 is 1.83 bits per heavy atom. The first-order chi connectivity index (χ1) is 14.1. The summed E-state index contributed by atoms with van der Waals surface area (Å²) in [6.07, 6.45) is 4.68. The van der Waals surface area contributed by atoms with E-state index >= 15 is 0 Å². The zero-order chi connectivity index (χ0) is 21.9. The molecule has 1 amide bonds. The Kier molecular flexibility index (Phi) is 6.75. The SMILES string of the molecule is CC(NC(=O)CCCN(c1ccc(F)c(F)c1)S(C)(=O)=O)c1ccc2c(c1)CCC2. The van der Waals surface area contributed by atoms with E-state index in [2.05, 4.69) is 17.4 Å². The number of carbonyl (C=O) groups is 1. The molecule has 2 aromatic carbocycles. The fourth-order valence-electron chi connectivity index (χ4n) is 3.77. The van der Waals surface area contributed by atoms with Crippen LogP contribution in [0, 0.1) is 11.6 Å². The van der Waals surface area contributed by atoms with E-state index in [9.17, 15) is 22.0 Å². The van der Waals surface area contributed by atoms with Gasteiger partial charge in [0, 0.05) is 19.0 Å². The summed E-state index contributed by atoms with van der Waals surface area (Å²) in [7, 11) is -3.70. The van der Waals surface area contributed by atoms with E-state index in [1.54, 1.807) is 0 Å². The van der Waals surface area contributed by atoms with Crippen molar-refractivity contribution < 1.29 is 22.0 Å². The number of fused-ring (bicyclic) bond motifs is 1. The van der Waals surface area contributed by atoms with Crippen LogP contribution in [-0.2, 0) is 27.7 Å². The molecule has 0 saturated carbocycles. The first-order valence-corrected chi connectivity index (χ1v) is 11.8. The number of nitrogens with one attached hydrogen (secondary N) is 1. The first kappa shape index (κ1) is 22.2. The molecular weight excluding hydrogens is 410 g/mol. The van der Waals surface area contributed by atoms with Crippen LogP contribution in [-0.4, -0.2) is 27.1 Å². The Bertz CT molecular complexity index is 1040. The molecule has 162 valence electrons. The number of hydrogen-bond donors (Lipinski definition) is 1. The van der Waals surface area contributed by atoms with Gasteiger partial charge >= 0.3 is 0 Å². The second-order valence-corrected chi connectivity index (χ2v) is 9.61. The lowest BCUT2D eigenvalue weighted by Gasteiger charge is -2.22. The van der Waals surface area contributed by atoms with E-state index < -0.39 is 21.7 Å². The summed E-state index contributed by atoms with van der Waals surface area (Å²) >= 11 is 0. The first-order valence-electron chi connectivity index (χ1n) is 9.99. The minimum absolute atomic E-state index is 0.00937. The minimum Gasteiger partial charge on any atom is -0.350 e. The zero-order valence-electron chi connectivity index (χ0n) is 17.1. The van der Waals surface area contributed by atoms with Crippen LogP contribution in [0.4, 0.5) is 14.5 Å². The maximum absolute atomic E-state index is 13.5. The molecule has 2 aromatic rings. The molecule has 1 unspecified atom stereocenters. The van der Waals surface area contributed by atoms with Crippen LogP contribution in [0.2, 0.25) is 0 Å². The van der Waals surface area contributed by atoms with Gasteiger partial charge in [0.1, 0.15) is 0 Å². The molecule has 0 heterocycles. The van der Waals surface area contributed by atoms with E-state index in [0.29, 0.717) is 0 Å². The number of amides is 1. The molecule has 1 aliphatic rings. The van der Waals surface area contributed by atoms with Gasteiger partial charge in [-0.1, -0.05) is 18.2 Å². The van der Waals surface area contributed by atoms with Crippen LogP contribution in [0.5, 0.6) is 0 Å². The van der Waals surface area contributed by atoms with Crippen molar-refractivity contribution in [3.63, 3.8) is 0 Å². The minimum atomic E-state index is -3.70. The lowest BCUT2D eigenvalue weighted by atomic mass is 10.0. The van der Waals surface area contributed by atoms with Crippen molar-refractivity contribution in [2.45, 2.75) is 45.1 Å². The number of hydrogen-bond acceptors (Lipinski definition) is 3. The van der Waals surface area contributed by atoms with Gasteiger partial charge in [-0.25, -0.2) is 17.2 Å².